The van der Waals surface area contributed by atoms with Gasteiger partial charge in [-0.15, -0.1) is 0 Å². The molecule has 4 nitrogen and oxygen atoms in total. The minimum Gasteiger partial charge on any atom is -0.354 e. The van der Waals surface area contributed by atoms with E-state index in [1.807, 2.05) is 0 Å². The predicted molar refractivity (Wildman–Crippen MR) is 77.8 cm³/mol. The SMILES string of the molecule is CC(C)(C)c1nc2c(c(N3CCNCC3)n1)CCC2. The van der Waals surface area contributed by atoms with Crippen molar-refractivity contribution in [2.24, 2.45) is 0 Å². The largest absolute Gasteiger partial charge is 0.354 e. The van der Waals surface area contributed by atoms with Crippen LogP contribution in [0.5, 0.6) is 0 Å². The number of rotatable bonds is 1. The summed E-state index contributed by atoms with van der Waals surface area (Å²) in [6.45, 7) is 10.8. The number of hydrogen-bond acceptors (Lipinski definition) is 4. The standard InChI is InChI=1S/C15H24N4/c1-15(2,3)14-17-12-6-4-5-11(12)13(18-14)19-9-7-16-8-10-19/h16H,4-10H2,1-3H3. The quantitative estimate of drug-likeness (QED) is 0.834. The van der Waals surface area contributed by atoms with Gasteiger partial charge in [-0.3, -0.25) is 0 Å². The minimum absolute atomic E-state index is 0.0282. The van der Waals surface area contributed by atoms with E-state index in [4.69, 9.17) is 9.97 Å². The highest BCUT2D eigenvalue weighted by Crippen LogP contribution is 2.31. The molecule has 0 aromatic carbocycles. The van der Waals surface area contributed by atoms with Crippen molar-refractivity contribution in [1.29, 1.82) is 0 Å². The van der Waals surface area contributed by atoms with Gasteiger partial charge < -0.3 is 10.2 Å². The van der Waals surface area contributed by atoms with Crippen LogP contribution < -0.4 is 10.2 Å². The van der Waals surface area contributed by atoms with Gasteiger partial charge >= 0.3 is 0 Å². The van der Waals surface area contributed by atoms with E-state index in [0.29, 0.717) is 0 Å². The summed E-state index contributed by atoms with van der Waals surface area (Å²) in [5.74, 6) is 2.22. The Kier molecular flexibility index (Phi) is 3.21. The summed E-state index contributed by atoms with van der Waals surface area (Å²) in [5, 5.41) is 3.41. The number of fused-ring (bicyclic) bond motifs is 1. The maximum Gasteiger partial charge on any atom is 0.136 e. The molecule has 1 aromatic heterocycles. The van der Waals surface area contributed by atoms with Crippen LogP contribution in [-0.4, -0.2) is 36.1 Å². The fourth-order valence-electron chi connectivity index (χ4n) is 2.89. The Morgan fingerprint density at radius 1 is 1.05 bits per heavy atom. The molecule has 3 rings (SSSR count). The van der Waals surface area contributed by atoms with E-state index in [1.165, 1.54) is 23.5 Å². The van der Waals surface area contributed by atoms with Crippen molar-refractivity contribution in [3.63, 3.8) is 0 Å². The third kappa shape index (κ3) is 2.46. The first-order valence-electron chi connectivity index (χ1n) is 7.41. The Hall–Kier alpha value is -1.16. The molecule has 0 radical (unpaired) electrons. The fraction of sp³-hybridized carbons (Fsp3) is 0.733. The molecule has 0 spiro atoms. The van der Waals surface area contributed by atoms with Crippen molar-refractivity contribution in [1.82, 2.24) is 15.3 Å². The topological polar surface area (TPSA) is 41.1 Å². The van der Waals surface area contributed by atoms with Crippen molar-refractivity contribution in [2.75, 3.05) is 31.1 Å². The van der Waals surface area contributed by atoms with E-state index in [9.17, 15) is 0 Å². The van der Waals surface area contributed by atoms with Gasteiger partial charge in [0.15, 0.2) is 0 Å². The van der Waals surface area contributed by atoms with Crippen molar-refractivity contribution in [2.45, 2.75) is 45.4 Å². The summed E-state index contributed by atoms with van der Waals surface area (Å²) in [7, 11) is 0. The van der Waals surface area contributed by atoms with Crippen LogP contribution in [0.25, 0.3) is 0 Å². The molecule has 2 heterocycles. The molecule has 0 atom stereocenters. The van der Waals surface area contributed by atoms with Crippen LogP contribution >= 0.6 is 0 Å². The normalized spacial score (nSPS) is 19.6. The highest BCUT2D eigenvalue weighted by Gasteiger charge is 2.27. The minimum atomic E-state index is 0.0282. The monoisotopic (exact) mass is 260 g/mol. The van der Waals surface area contributed by atoms with Gasteiger partial charge in [0.2, 0.25) is 0 Å². The van der Waals surface area contributed by atoms with Crippen LogP contribution in [0.15, 0.2) is 0 Å². The second kappa shape index (κ2) is 4.75. The lowest BCUT2D eigenvalue weighted by atomic mass is 9.95. The average Bonchev–Trinajstić information content (AvgIpc) is 2.85. The molecule has 0 amide bonds. The molecular formula is C15H24N4. The van der Waals surface area contributed by atoms with Crippen LogP contribution in [-0.2, 0) is 18.3 Å². The fourth-order valence-corrected chi connectivity index (χ4v) is 2.89. The summed E-state index contributed by atoms with van der Waals surface area (Å²) in [6, 6.07) is 0. The number of aromatic nitrogens is 2. The number of hydrogen-bond donors (Lipinski definition) is 1. The molecular weight excluding hydrogens is 236 g/mol. The number of nitrogens with zero attached hydrogens (tertiary/aromatic N) is 3. The Bertz CT molecular complexity index is 470. The smallest absolute Gasteiger partial charge is 0.136 e. The van der Waals surface area contributed by atoms with E-state index in [-0.39, 0.29) is 5.41 Å². The molecule has 2 aliphatic rings. The first-order valence-corrected chi connectivity index (χ1v) is 7.41. The maximum atomic E-state index is 4.93. The van der Waals surface area contributed by atoms with Gasteiger partial charge in [0.05, 0.1) is 0 Å². The summed E-state index contributed by atoms with van der Waals surface area (Å²) >= 11 is 0. The first-order chi connectivity index (χ1) is 9.05. The molecule has 19 heavy (non-hydrogen) atoms. The van der Waals surface area contributed by atoms with Gasteiger partial charge in [0.25, 0.3) is 0 Å². The zero-order valence-electron chi connectivity index (χ0n) is 12.3. The highest BCUT2D eigenvalue weighted by atomic mass is 15.2. The third-order valence-corrected chi connectivity index (χ3v) is 4.00. The van der Waals surface area contributed by atoms with E-state index < -0.39 is 0 Å². The summed E-state index contributed by atoms with van der Waals surface area (Å²) < 4.78 is 0. The highest BCUT2D eigenvalue weighted by molar-refractivity contribution is 5.52. The van der Waals surface area contributed by atoms with Crippen molar-refractivity contribution < 1.29 is 0 Å². The van der Waals surface area contributed by atoms with Gasteiger partial charge in [-0.25, -0.2) is 9.97 Å². The van der Waals surface area contributed by atoms with Crippen LogP contribution in [0.4, 0.5) is 5.82 Å². The van der Waals surface area contributed by atoms with E-state index in [2.05, 4.69) is 31.0 Å². The Morgan fingerprint density at radius 2 is 1.79 bits per heavy atom. The third-order valence-electron chi connectivity index (χ3n) is 4.00. The van der Waals surface area contributed by atoms with E-state index >= 15 is 0 Å². The van der Waals surface area contributed by atoms with Gasteiger partial charge in [-0.1, -0.05) is 20.8 Å². The average molecular weight is 260 g/mol. The van der Waals surface area contributed by atoms with Crippen LogP contribution in [0.2, 0.25) is 0 Å². The number of piperazine rings is 1. The molecule has 1 aliphatic carbocycles. The summed E-state index contributed by atoms with van der Waals surface area (Å²) in [6.07, 6.45) is 3.51. The van der Waals surface area contributed by atoms with Crippen molar-refractivity contribution in [3.05, 3.63) is 17.1 Å². The molecule has 1 aromatic rings. The molecule has 0 saturated carbocycles. The second-order valence-electron chi connectivity index (χ2n) is 6.64. The van der Waals surface area contributed by atoms with Gasteiger partial charge in [0.1, 0.15) is 11.6 Å². The van der Waals surface area contributed by atoms with E-state index in [1.54, 1.807) is 0 Å². The number of anilines is 1. The number of aryl methyl sites for hydroxylation is 1. The lowest BCUT2D eigenvalue weighted by Crippen LogP contribution is -2.44. The Balaban J connectivity index is 2.04. The zero-order valence-corrected chi connectivity index (χ0v) is 12.3. The lowest BCUT2D eigenvalue weighted by Gasteiger charge is -2.31. The Labute approximate surface area is 115 Å². The maximum absolute atomic E-state index is 4.93. The van der Waals surface area contributed by atoms with Gasteiger partial charge in [-0.2, -0.15) is 0 Å². The lowest BCUT2D eigenvalue weighted by molar-refractivity contribution is 0.534. The van der Waals surface area contributed by atoms with Gasteiger partial charge in [-0.05, 0) is 19.3 Å². The van der Waals surface area contributed by atoms with E-state index in [0.717, 1.165) is 44.8 Å². The molecule has 1 N–H and O–H groups in total. The van der Waals surface area contributed by atoms with Crippen molar-refractivity contribution >= 4 is 5.82 Å². The number of nitrogens with one attached hydrogen (secondary N) is 1. The second-order valence-corrected chi connectivity index (χ2v) is 6.64. The first kappa shape index (κ1) is 12.9. The molecule has 4 heteroatoms. The zero-order chi connectivity index (χ0) is 13.5. The predicted octanol–water partition coefficient (Wildman–Crippen LogP) is 1.67. The summed E-state index contributed by atoms with van der Waals surface area (Å²) in [5.41, 5.74) is 2.74. The Morgan fingerprint density at radius 3 is 2.47 bits per heavy atom. The van der Waals surface area contributed by atoms with Crippen LogP contribution in [0.3, 0.4) is 0 Å². The summed E-state index contributed by atoms with van der Waals surface area (Å²) in [4.78, 5) is 12.2. The van der Waals surface area contributed by atoms with Gasteiger partial charge in [0, 0.05) is 42.9 Å². The molecule has 1 fully saturated rings. The van der Waals surface area contributed by atoms with Crippen molar-refractivity contribution in [3.8, 4) is 0 Å². The molecule has 104 valence electrons. The molecule has 0 bridgehead atoms. The molecule has 1 saturated heterocycles. The van der Waals surface area contributed by atoms with Crippen LogP contribution in [0, 0.1) is 0 Å². The molecule has 0 unspecified atom stereocenters. The van der Waals surface area contributed by atoms with Crippen LogP contribution in [0.1, 0.15) is 44.3 Å². The molecule has 1 aliphatic heterocycles.